The molecule has 0 radical (unpaired) electrons. The molecule has 10 nitrogen and oxygen atoms in total. The van der Waals surface area contributed by atoms with E-state index in [1.165, 1.54) is 5.56 Å². The Morgan fingerprint density at radius 1 is 0.884 bits per heavy atom. The van der Waals surface area contributed by atoms with Crippen molar-refractivity contribution in [1.82, 2.24) is 26.6 Å². The molecule has 0 aromatic heterocycles. The van der Waals surface area contributed by atoms with Crippen LogP contribution in [0.4, 0.5) is 4.79 Å². The quantitative estimate of drug-likeness (QED) is 0.201. The van der Waals surface area contributed by atoms with E-state index >= 15 is 0 Å². The molecule has 4 atom stereocenters. The summed E-state index contributed by atoms with van der Waals surface area (Å²) in [4.78, 5) is 51.6. The van der Waals surface area contributed by atoms with E-state index in [9.17, 15) is 19.2 Å². The van der Waals surface area contributed by atoms with Crippen LogP contribution in [0.2, 0.25) is 0 Å². The molecule has 234 valence electrons. The van der Waals surface area contributed by atoms with Gasteiger partial charge in [0.1, 0.15) is 18.7 Å². The lowest BCUT2D eigenvalue weighted by Crippen LogP contribution is -2.57. The first-order chi connectivity index (χ1) is 20.7. The first kappa shape index (κ1) is 33.6. The molecule has 1 aliphatic rings. The molecule has 10 heteroatoms. The minimum Gasteiger partial charge on any atom is -0.445 e. The Hall–Kier alpha value is -3.92. The van der Waals surface area contributed by atoms with E-state index in [0.717, 1.165) is 30.4 Å². The number of likely N-dealkylation sites (N-methyl/N-ethyl adjacent to an activating group) is 1. The normalized spacial score (nSPS) is 16.3. The lowest BCUT2D eigenvalue weighted by molar-refractivity contribution is -0.133. The SMILES string of the molecule is CN[C@@H](C)C(=O)N[C@H](C(=O)N[C@@H](CCCCNC(=O)OCc1ccccc1)C(=O)NC1CCCc2ccccc21)C(C)C. The summed E-state index contributed by atoms with van der Waals surface area (Å²) in [6.07, 6.45) is 3.81. The van der Waals surface area contributed by atoms with E-state index in [1.54, 1.807) is 14.0 Å². The molecule has 1 unspecified atom stereocenters. The van der Waals surface area contributed by atoms with Gasteiger partial charge in [-0.1, -0.05) is 68.4 Å². The Balaban J connectivity index is 1.60. The number of benzene rings is 2. The van der Waals surface area contributed by atoms with Gasteiger partial charge in [-0.3, -0.25) is 14.4 Å². The number of amides is 4. The van der Waals surface area contributed by atoms with Crippen LogP contribution in [-0.2, 0) is 32.1 Å². The third kappa shape index (κ3) is 10.7. The van der Waals surface area contributed by atoms with Gasteiger partial charge in [0.05, 0.1) is 12.1 Å². The second-order valence-corrected chi connectivity index (χ2v) is 11.4. The molecule has 0 saturated carbocycles. The van der Waals surface area contributed by atoms with Crippen molar-refractivity contribution in [2.75, 3.05) is 13.6 Å². The van der Waals surface area contributed by atoms with Gasteiger partial charge in [-0.15, -0.1) is 0 Å². The van der Waals surface area contributed by atoms with Gasteiger partial charge >= 0.3 is 6.09 Å². The summed E-state index contributed by atoms with van der Waals surface area (Å²) in [5.74, 6) is -1.14. The highest BCUT2D eigenvalue weighted by molar-refractivity contribution is 5.93. The van der Waals surface area contributed by atoms with Crippen LogP contribution < -0.4 is 26.6 Å². The molecule has 0 aliphatic heterocycles. The van der Waals surface area contributed by atoms with Crippen LogP contribution in [0.3, 0.4) is 0 Å². The smallest absolute Gasteiger partial charge is 0.407 e. The van der Waals surface area contributed by atoms with E-state index in [1.807, 2.05) is 62.4 Å². The summed E-state index contributed by atoms with van der Waals surface area (Å²) in [7, 11) is 1.68. The number of unbranched alkanes of at least 4 members (excludes halogenated alkanes) is 1. The summed E-state index contributed by atoms with van der Waals surface area (Å²) in [6, 6.07) is 15.4. The number of carbonyl (C=O) groups is 4. The maximum atomic E-state index is 13.6. The molecule has 0 saturated heterocycles. The Bertz CT molecular complexity index is 1210. The fourth-order valence-electron chi connectivity index (χ4n) is 5.09. The van der Waals surface area contributed by atoms with Crippen LogP contribution in [0.5, 0.6) is 0 Å². The first-order valence-electron chi connectivity index (χ1n) is 15.3. The second-order valence-electron chi connectivity index (χ2n) is 11.4. The highest BCUT2D eigenvalue weighted by Gasteiger charge is 2.31. The lowest BCUT2D eigenvalue weighted by atomic mass is 9.87. The zero-order valence-electron chi connectivity index (χ0n) is 25.8. The van der Waals surface area contributed by atoms with Crippen LogP contribution >= 0.6 is 0 Å². The van der Waals surface area contributed by atoms with Crippen molar-refractivity contribution in [3.05, 3.63) is 71.3 Å². The number of hydrogen-bond donors (Lipinski definition) is 5. The number of nitrogens with one attached hydrogen (secondary N) is 5. The lowest BCUT2D eigenvalue weighted by Gasteiger charge is -2.30. The standard InChI is InChI=1S/C33H47N5O5/c1-22(2)29(38-30(39)23(3)34-4)32(41)37-28(31(40)36-27-19-12-16-25-15-8-9-17-26(25)27)18-10-11-20-35-33(42)43-21-24-13-6-5-7-14-24/h5-9,13-15,17,22-23,27-29,34H,10-12,16,18-21H2,1-4H3,(H,35,42)(H,36,40)(H,37,41)(H,38,39)/t23-,27?,28-,29-/m0/s1. The minimum atomic E-state index is -0.800. The number of alkyl carbamates (subject to hydrolysis) is 1. The molecule has 1 aliphatic carbocycles. The molecule has 43 heavy (non-hydrogen) atoms. The van der Waals surface area contributed by atoms with Gasteiger partial charge in [0.25, 0.3) is 0 Å². The van der Waals surface area contributed by atoms with Crippen molar-refractivity contribution in [3.8, 4) is 0 Å². The summed E-state index contributed by atoms with van der Waals surface area (Å²) < 4.78 is 5.25. The van der Waals surface area contributed by atoms with Crippen molar-refractivity contribution >= 4 is 23.8 Å². The Morgan fingerprint density at radius 2 is 1.60 bits per heavy atom. The van der Waals surface area contributed by atoms with Crippen molar-refractivity contribution < 1.29 is 23.9 Å². The summed E-state index contributed by atoms with van der Waals surface area (Å²) in [5, 5.41) is 14.5. The summed E-state index contributed by atoms with van der Waals surface area (Å²) in [5.41, 5.74) is 3.24. The fraction of sp³-hybridized carbons (Fsp3) is 0.515. The Morgan fingerprint density at radius 3 is 2.33 bits per heavy atom. The van der Waals surface area contributed by atoms with E-state index in [-0.39, 0.29) is 30.4 Å². The molecule has 5 N–H and O–H groups in total. The molecule has 0 heterocycles. The number of rotatable bonds is 15. The van der Waals surface area contributed by atoms with Crippen LogP contribution in [0, 0.1) is 5.92 Å². The Kier molecular flexibility index (Phi) is 13.5. The zero-order valence-corrected chi connectivity index (χ0v) is 25.8. The van der Waals surface area contributed by atoms with Crippen molar-refractivity contribution in [3.63, 3.8) is 0 Å². The second kappa shape index (κ2) is 17.3. The maximum absolute atomic E-state index is 13.6. The first-order valence-corrected chi connectivity index (χ1v) is 15.3. The molecular formula is C33H47N5O5. The highest BCUT2D eigenvalue weighted by Crippen LogP contribution is 2.29. The van der Waals surface area contributed by atoms with E-state index in [0.29, 0.717) is 25.8 Å². The average molecular weight is 594 g/mol. The third-order valence-electron chi connectivity index (χ3n) is 7.79. The van der Waals surface area contributed by atoms with Crippen LogP contribution in [0.25, 0.3) is 0 Å². The Labute approximate surface area is 255 Å². The van der Waals surface area contributed by atoms with Gasteiger partial charge < -0.3 is 31.3 Å². The van der Waals surface area contributed by atoms with Crippen molar-refractivity contribution in [2.45, 2.75) is 90.1 Å². The largest absolute Gasteiger partial charge is 0.445 e. The topological polar surface area (TPSA) is 138 Å². The molecule has 0 spiro atoms. The third-order valence-corrected chi connectivity index (χ3v) is 7.79. The number of ether oxygens (including phenoxy) is 1. The van der Waals surface area contributed by atoms with Gasteiger partial charge in [-0.2, -0.15) is 0 Å². The number of fused-ring (bicyclic) bond motifs is 1. The number of hydrogen-bond acceptors (Lipinski definition) is 6. The van der Waals surface area contributed by atoms with E-state index in [4.69, 9.17) is 4.74 Å². The molecule has 2 aromatic rings. The van der Waals surface area contributed by atoms with Crippen LogP contribution in [-0.4, -0.2) is 55.5 Å². The predicted molar refractivity (Wildman–Crippen MR) is 166 cm³/mol. The van der Waals surface area contributed by atoms with Crippen LogP contribution in [0.15, 0.2) is 54.6 Å². The van der Waals surface area contributed by atoms with Gasteiger partial charge in [0.2, 0.25) is 17.7 Å². The molecule has 4 amide bonds. The maximum Gasteiger partial charge on any atom is 0.407 e. The minimum absolute atomic E-state index is 0.130. The fourth-order valence-corrected chi connectivity index (χ4v) is 5.09. The van der Waals surface area contributed by atoms with Crippen LogP contribution in [0.1, 0.15) is 75.6 Å². The number of aryl methyl sites for hydroxylation is 1. The van der Waals surface area contributed by atoms with E-state index < -0.39 is 30.1 Å². The molecule has 0 fully saturated rings. The number of carbonyl (C=O) groups excluding carboxylic acids is 4. The van der Waals surface area contributed by atoms with Gasteiger partial charge in [-0.05, 0) is 75.1 Å². The van der Waals surface area contributed by atoms with E-state index in [2.05, 4.69) is 32.7 Å². The summed E-state index contributed by atoms with van der Waals surface area (Å²) >= 11 is 0. The van der Waals surface area contributed by atoms with Crippen molar-refractivity contribution in [2.24, 2.45) is 5.92 Å². The average Bonchev–Trinajstić information content (AvgIpc) is 3.01. The van der Waals surface area contributed by atoms with Gasteiger partial charge in [0.15, 0.2) is 0 Å². The molecular weight excluding hydrogens is 546 g/mol. The highest BCUT2D eigenvalue weighted by atomic mass is 16.5. The predicted octanol–water partition coefficient (Wildman–Crippen LogP) is 3.51. The zero-order chi connectivity index (χ0) is 31.2. The molecule has 3 rings (SSSR count). The summed E-state index contributed by atoms with van der Waals surface area (Å²) in [6.45, 7) is 5.98. The van der Waals surface area contributed by atoms with Gasteiger partial charge in [-0.25, -0.2) is 4.79 Å². The van der Waals surface area contributed by atoms with Crippen molar-refractivity contribution in [1.29, 1.82) is 0 Å². The van der Waals surface area contributed by atoms with Gasteiger partial charge in [0, 0.05) is 6.54 Å². The monoisotopic (exact) mass is 593 g/mol. The molecule has 0 bridgehead atoms. The molecule has 2 aromatic carbocycles.